The van der Waals surface area contributed by atoms with Crippen LogP contribution in [0.5, 0.6) is 11.5 Å². The Morgan fingerprint density at radius 1 is 1.07 bits per heavy atom. The van der Waals surface area contributed by atoms with Gasteiger partial charge in [-0.25, -0.2) is 4.79 Å². The first kappa shape index (κ1) is 19.9. The summed E-state index contributed by atoms with van der Waals surface area (Å²) in [5, 5.41) is 3.60. The van der Waals surface area contributed by atoms with Crippen molar-refractivity contribution in [3.8, 4) is 11.5 Å². The number of carbonyl (C=O) groups excluding carboxylic acids is 2. The molecule has 0 radical (unpaired) electrons. The summed E-state index contributed by atoms with van der Waals surface area (Å²) in [5.41, 5.74) is 1.98. The molecule has 3 aromatic rings. The molecule has 0 saturated heterocycles. The Morgan fingerprint density at radius 2 is 1.90 bits per heavy atom. The van der Waals surface area contributed by atoms with E-state index >= 15 is 0 Å². The van der Waals surface area contributed by atoms with Gasteiger partial charge in [-0.1, -0.05) is 24.3 Å². The topological polar surface area (TPSA) is 86.8 Å². The molecule has 0 bridgehead atoms. The summed E-state index contributed by atoms with van der Waals surface area (Å²) >= 11 is 0. The van der Waals surface area contributed by atoms with Crippen LogP contribution in [0.1, 0.15) is 5.56 Å². The summed E-state index contributed by atoms with van der Waals surface area (Å²) in [5.74, 6) is -0.102. The number of hydrogen-bond donors (Lipinski definition) is 1. The molecule has 1 heterocycles. The van der Waals surface area contributed by atoms with Crippen LogP contribution in [0.2, 0.25) is 0 Å². The number of amides is 1. The third kappa shape index (κ3) is 5.10. The molecular weight excluding hydrogens is 372 g/mol. The van der Waals surface area contributed by atoms with Crippen molar-refractivity contribution in [2.24, 2.45) is 0 Å². The lowest BCUT2D eigenvalue weighted by Crippen LogP contribution is -2.20. The van der Waals surface area contributed by atoms with Gasteiger partial charge in [-0.2, -0.15) is 0 Å². The Labute approximate surface area is 167 Å². The molecule has 0 spiro atoms. The number of pyridine rings is 1. The lowest BCUT2D eigenvalue weighted by atomic mass is 10.1. The minimum Gasteiger partial charge on any atom is -0.497 e. The second-order valence-corrected chi connectivity index (χ2v) is 5.98. The Bertz CT molecular complexity index is 1060. The van der Waals surface area contributed by atoms with Crippen LogP contribution in [0.25, 0.3) is 17.0 Å². The number of esters is 1. The highest BCUT2D eigenvalue weighted by molar-refractivity contribution is 5.96. The summed E-state index contributed by atoms with van der Waals surface area (Å²) in [6.45, 7) is -0.433. The van der Waals surface area contributed by atoms with E-state index in [0.717, 1.165) is 16.5 Å². The minimum absolute atomic E-state index is 0.422. The molecule has 0 atom stereocenters. The van der Waals surface area contributed by atoms with Gasteiger partial charge in [-0.3, -0.25) is 9.78 Å². The predicted octanol–water partition coefficient (Wildman–Crippen LogP) is 3.45. The maximum Gasteiger partial charge on any atom is 0.331 e. The molecule has 0 aliphatic heterocycles. The number of para-hydroxylation sites is 1. The van der Waals surface area contributed by atoms with Crippen LogP contribution >= 0.6 is 0 Å². The number of fused-ring (bicyclic) bond motifs is 1. The largest absolute Gasteiger partial charge is 0.497 e. The fourth-order valence-electron chi connectivity index (χ4n) is 2.70. The smallest absolute Gasteiger partial charge is 0.331 e. The van der Waals surface area contributed by atoms with Crippen LogP contribution in [0.15, 0.2) is 60.8 Å². The number of nitrogens with one attached hydrogen (secondary N) is 1. The van der Waals surface area contributed by atoms with Crippen LogP contribution < -0.4 is 14.8 Å². The fourth-order valence-corrected chi connectivity index (χ4v) is 2.70. The highest BCUT2D eigenvalue weighted by Gasteiger charge is 2.11. The molecule has 1 N–H and O–H groups in total. The molecule has 148 valence electrons. The SMILES string of the molecule is COc1ccc(OC)c(NC(=O)COC(=O)/C=C/c2cccc3cccnc23)c1. The van der Waals surface area contributed by atoms with Crippen molar-refractivity contribution < 1.29 is 23.8 Å². The number of aromatic nitrogens is 1. The fraction of sp³-hybridized carbons (Fsp3) is 0.136. The summed E-state index contributed by atoms with van der Waals surface area (Å²) in [4.78, 5) is 28.4. The highest BCUT2D eigenvalue weighted by atomic mass is 16.5. The van der Waals surface area contributed by atoms with Gasteiger partial charge in [0.25, 0.3) is 5.91 Å². The van der Waals surface area contributed by atoms with Gasteiger partial charge in [0, 0.05) is 29.3 Å². The third-order valence-electron chi connectivity index (χ3n) is 4.09. The van der Waals surface area contributed by atoms with Gasteiger partial charge in [0.15, 0.2) is 6.61 Å². The van der Waals surface area contributed by atoms with Crippen molar-refractivity contribution in [1.82, 2.24) is 4.98 Å². The van der Waals surface area contributed by atoms with E-state index in [4.69, 9.17) is 14.2 Å². The monoisotopic (exact) mass is 392 g/mol. The van der Waals surface area contributed by atoms with Crippen LogP contribution in [0, 0.1) is 0 Å². The van der Waals surface area contributed by atoms with Gasteiger partial charge >= 0.3 is 5.97 Å². The standard InChI is InChI=1S/C22H20N2O5/c1-27-17-9-10-19(28-2)18(13-17)24-20(25)14-29-21(26)11-8-16-6-3-5-15-7-4-12-23-22(15)16/h3-13H,14H2,1-2H3,(H,24,25)/b11-8+. The number of methoxy groups -OCH3 is 2. The van der Waals surface area contributed by atoms with E-state index in [2.05, 4.69) is 10.3 Å². The predicted molar refractivity (Wildman–Crippen MR) is 110 cm³/mol. The number of benzene rings is 2. The molecule has 1 aromatic heterocycles. The van der Waals surface area contributed by atoms with Crippen molar-refractivity contribution >= 4 is 34.5 Å². The van der Waals surface area contributed by atoms with Gasteiger partial charge < -0.3 is 19.5 Å². The van der Waals surface area contributed by atoms with Gasteiger partial charge in [0.05, 0.1) is 25.4 Å². The zero-order valence-corrected chi connectivity index (χ0v) is 16.0. The Kier molecular flexibility index (Phi) is 6.42. The molecule has 2 aromatic carbocycles. The van der Waals surface area contributed by atoms with E-state index in [0.29, 0.717) is 17.2 Å². The van der Waals surface area contributed by atoms with Crippen LogP contribution in [0.4, 0.5) is 5.69 Å². The number of hydrogen-bond acceptors (Lipinski definition) is 6. The second-order valence-electron chi connectivity index (χ2n) is 5.98. The molecule has 3 rings (SSSR count). The lowest BCUT2D eigenvalue weighted by Gasteiger charge is -2.11. The maximum atomic E-state index is 12.1. The Hall–Kier alpha value is -3.87. The van der Waals surface area contributed by atoms with Crippen LogP contribution in [-0.2, 0) is 14.3 Å². The molecule has 7 nitrogen and oxygen atoms in total. The van der Waals surface area contributed by atoms with Crippen molar-refractivity contribution in [2.45, 2.75) is 0 Å². The number of carbonyl (C=O) groups is 2. The van der Waals surface area contributed by atoms with Crippen LogP contribution in [0.3, 0.4) is 0 Å². The Balaban J connectivity index is 1.59. The van der Waals surface area contributed by atoms with Crippen molar-refractivity contribution in [3.63, 3.8) is 0 Å². The molecule has 0 saturated carbocycles. The number of ether oxygens (including phenoxy) is 3. The van der Waals surface area contributed by atoms with Gasteiger partial charge in [0.2, 0.25) is 0 Å². The molecule has 0 aliphatic carbocycles. The zero-order chi connectivity index (χ0) is 20.6. The number of rotatable bonds is 7. The van der Waals surface area contributed by atoms with Crippen molar-refractivity contribution in [2.75, 3.05) is 26.1 Å². The maximum absolute atomic E-state index is 12.1. The number of anilines is 1. The molecule has 1 amide bonds. The first-order valence-electron chi connectivity index (χ1n) is 8.81. The first-order chi connectivity index (χ1) is 14.1. The van der Waals surface area contributed by atoms with Gasteiger partial charge in [-0.15, -0.1) is 0 Å². The quantitative estimate of drug-likeness (QED) is 0.490. The van der Waals surface area contributed by atoms with E-state index in [1.807, 2.05) is 30.3 Å². The lowest BCUT2D eigenvalue weighted by molar-refractivity contribution is -0.142. The average molecular weight is 392 g/mol. The molecule has 0 aliphatic rings. The molecule has 0 fully saturated rings. The average Bonchev–Trinajstić information content (AvgIpc) is 2.76. The first-order valence-corrected chi connectivity index (χ1v) is 8.81. The molecule has 29 heavy (non-hydrogen) atoms. The summed E-state index contributed by atoms with van der Waals surface area (Å²) in [6.07, 6.45) is 4.57. The summed E-state index contributed by atoms with van der Waals surface area (Å²) in [6, 6.07) is 14.4. The third-order valence-corrected chi connectivity index (χ3v) is 4.09. The van der Waals surface area contributed by atoms with E-state index in [1.54, 1.807) is 30.5 Å². The van der Waals surface area contributed by atoms with E-state index in [-0.39, 0.29) is 0 Å². The molecule has 0 unspecified atom stereocenters. The number of nitrogens with zero attached hydrogens (tertiary/aromatic N) is 1. The van der Waals surface area contributed by atoms with Gasteiger partial charge in [0.1, 0.15) is 11.5 Å². The summed E-state index contributed by atoms with van der Waals surface area (Å²) < 4.78 is 15.3. The van der Waals surface area contributed by atoms with Crippen LogP contribution in [-0.4, -0.2) is 37.7 Å². The normalized spacial score (nSPS) is 10.7. The highest BCUT2D eigenvalue weighted by Crippen LogP contribution is 2.28. The zero-order valence-electron chi connectivity index (χ0n) is 16.0. The van der Waals surface area contributed by atoms with E-state index in [9.17, 15) is 9.59 Å². The van der Waals surface area contributed by atoms with Gasteiger partial charge in [-0.05, 0) is 24.3 Å². The molecular formula is C22H20N2O5. The van der Waals surface area contributed by atoms with E-state index in [1.165, 1.54) is 20.3 Å². The summed E-state index contributed by atoms with van der Waals surface area (Å²) in [7, 11) is 3.01. The Morgan fingerprint density at radius 3 is 2.69 bits per heavy atom. The second kappa shape index (κ2) is 9.36. The van der Waals surface area contributed by atoms with Crippen molar-refractivity contribution in [1.29, 1.82) is 0 Å². The minimum atomic E-state index is -0.634. The molecule has 7 heteroatoms. The van der Waals surface area contributed by atoms with E-state index < -0.39 is 18.5 Å². The van der Waals surface area contributed by atoms with Crippen molar-refractivity contribution in [3.05, 3.63) is 66.4 Å².